The van der Waals surface area contributed by atoms with Crippen molar-refractivity contribution >= 4 is 20.9 Å². The molecule has 2 aromatic rings. The van der Waals surface area contributed by atoms with Gasteiger partial charge in [0.2, 0.25) is 10.0 Å². The monoisotopic (exact) mass is 319 g/mol. The summed E-state index contributed by atoms with van der Waals surface area (Å²) >= 11 is 0. The summed E-state index contributed by atoms with van der Waals surface area (Å²) in [7, 11) is 0.538. The number of benzene rings is 1. The summed E-state index contributed by atoms with van der Waals surface area (Å²) in [5.41, 5.74) is 0.961. The third kappa shape index (κ3) is 1.94. The largest absolute Gasteiger partial charge is 0.349 e. The minimum Gasteiger partial charge on any atom is -0.349 e. The van der Waals surface area contributed by atoms with E-state index in [4.69, 9.17) is 0 Å². The van der Waals surface area contributed by atoms with Gasteiger partial charge in [-0.1, -0.05) is 18.2 Å². The van der Waals surface area contributed by atoms with E-state index in [1.54, 1.807) is 10.5 Å². The molecule has 0 radical (unpaired) electrons. The summed E-state index contributed by atoms with van der Waals surface area (Å²) in [5, 5.41) is 0.823. The molecule has 22 heavy (non-hydrogen) atoms. The van der Waals surface area contributed by atoms with E-state index in [0.29, 0.717) is 4.90 Å². The van der Waals surface area contributed by atoms with E-state index in [1.165, 1.54) is 0 Å². The molecule has 2 atom stereocenters. The van der Waals surface area contributed by atoms with Gasteiger partial charge in [-0.15, -0.1) is 0 Å². The van der Waals surface area contributed by atoms with Crippen molar-refractivity contribution < 1.29 is 8.42 Å². The molecule has 0 aliphatic carbocycles. The molecule has 0 spiro atoms. The highest BCUT2D eigenvalue weighted by Gasteiger charge is 2.46. The molecule has 3 heterocycles. The van der Waals surface area contributed by atoms with Gasteiger partial charge in [-0.3, -0.25) is 0 Å². The van der Waals surface area contributed by atoms with E-state index >= 15 is 0 Å². The maximum atomic E-state index is 13.3. The number of likely N-dealkylation sites (N-methyl/N-ethyl adjacent to an activating group) is 1. The maximum absolute atomic E-state index is 13.3. The van der Waals surface area contributed by atoms with E-state index in [2.05, 4.69) is 11.9 Å². The van der Waals surface area contributed by atoms with Crippen LogP contribution in [0.2, 0.25) is 0 Å². The van der Waals surface area contributed by atoms with Crippen LogP contribution < -0.4 is 0 Å². The van der Waals surface area contributed by atoms with Gasteiger partial charge >= 0.3 is 0 Å². The summed E-state index contributed by atoms with van der Waals surface area (Å²) in [6.07, 6.45) is 3.70. The fourth-order valence-electron chi connectivity index (χ4n) is 4.09. The zero-order valence-corrected chi connectivity index (χ0v) is 13.8. The minimum absolute atomic E-state index is 0.118. The second kappa shape index (κ2) is 4.81. The molecule has 2 aliphatic rings. The van der Waals surface area contributed by atoms with Gasteiger partial charge in [0, 0.05) is 49.3 Å². The van der Waals surface area contributed by atoms with E-state index in [1.807, 2.05) is 35.9 Å². The predicted octanol–water partition coefficient (Wildman–Crippen LogP) is 1.65. The highest BCUT2D eigenvalue weighted by Crippen LogP contribution is 2.37. The first-order valence-corrected chi connectivity index (χ1v) is 9.18. The molecule has 6 heteroatoms. The highest BCUT2D eigenvalue weighted by molar-refractivity contribution is 7.89. The first-order valence-electron chi connectivity index (χ1n) is 7.74. The Bertz CT molecular complexity index is 813. The van der Waals surface area contributed by atoms with Gasteiger partial charge in [0.1, 0.15) is 4.90 Å². The Morgan fingerprint density at radius 1 is 1.05 bits per heavy atom. The molecule has 2 unspecified atom stereocenters. The molecular weight excluding hydrogens is 298 g/mol. The molecular formula is C16H21N3O2S. The number of hydrogen-bond acceptors (Lipinski definition) is 3. The summed E-state index contributed by atoms with van der Waals surface area (Å²) in [4.78, 5) is 2.70. The van der Waals surface area contributed by atoms with E-state index in [0.717, 1.165) is 36.8 Å². The lowest BCUT2D eigenvalue weighted by atomic mass is 10.2. The Morgan fingerprint density at radius 3 is 2.36 bits per heavy atom. The summed E-state index contributed by atoms with van der Waals surface area (Å²) in [6, 6.07) is 7.95. The lowest BCUT2D eigenvalue weighted by Gasteiger charge is -2.38. The van der Waals surface area contributed by atoms with Gasteiger partial charge in [0.15, 0.2) is 0 Å². The van der Waals surface area contributed by atoms with Gasteiger partial charge in [0.25, 0.3) is 0 Å². The van der Waals surface area contributed by atoms with Crippen molar-refractivity contribution in [3.8, 4) is 0 Å². The van der Waals surface area contributed by atoms with Crippen molar-refractivity contribution in [1.29, 1.82) is 0 Å². The third-order valence-electron chi connectivity index (χ3n) is 5.01. The normalized spacial score (nSPS) is 26.8. The average Bonchev–Trinajstić information content (AvgIpc) is 2.97. The number of fused-ring (bicyclic) bond motifs is 3. The summed E-state index contributed by atoms with van der Waals surface area (Å²) in [5.74, 6) is 0. The Morgan fingerprint density at radius 2 is 1.68 bits per heavy atom. The standard InChI is InChI=1S/C16H21N3O2S/c1-17-9-12-7-8-13(10-17)19(12)22(20,21)16-11-18(2)15-6-4-3-5-14(15)16/h3-6,11-13H,7-10H2,1-2H3. The molecule has 4 rings (SSSR count). The molecule has 1 aromatic heterocycles. The zero-order chi connectivity index (χ0) is 15.5. The van der Waals surface area contributed by atoms with Crippen LogP contribution in [0.4, 0.5) is 0 Å². The molecule has 5 nitrogen and oxygen atoms in total. The molecule has 0 N–H and O–H groups in total. The van der Waals surface area contributed by atoms with Crippen molar-refractivity contribution in [2.45, 2.75) is 29.8 Å². The second-order valence-electron chi connectivity index (χ2n) is 6.56. The van der Waals surface area contributed by atoms with Crippen LogP contribution in [0, 0.1) is 0 Å². The second-order valence-corrected chi connectivity index (χ2v) is 8.37. The van der Waals surface area contributed by atoms with Crippen molar-refractivity contribution in [1.82, 2.24) is 13.8 Å². The number of aryl methyl sites for hydroxylation is 1. The Hall–Kier alpha value is -1.37. The maximum Gasteiger partial charge on any atom is 0.245 e. The van der Waals surface area contributed by atoms with Crippen molar-refractivity contribution in [2.75, 3.05) is 20.1 Å². The van der Waals surface area contributed by atoms with Crippen LogP contribution in [-0.2, 0) is 17.1 Å². The number of aromatic nitrogens is 1. The summed E-state index contributed by atoms with van der Waals surface area (Å²) < 4.78 is 30.2. The zero-order valence-electron chi connectivity index (χ0n) is 12.9. The van der Waals surface area contributed by atoms with Crippen LogP contribution in [-0.4, -0.2) is 54.4 Å². The van der Waals surface area contributed by atoms with E-state index in [9.17, 15) is 8.42 Å². The van der Waals surface area contributed by atoms with Gasteiger partial charge < -0.3 is 9.47 Å². The number of sulfonamides is 1. The number of piperazine rings is 1. The quantitative estimate of drug-likeness (QED) is 0.845. The van der Waals surface area contributed by atoms with Crippen LogP contribution >= 0.6 is 0 Å². The van der Waals surface area contributed by atoms with Gasteiger partial charge in [-0.2, -0.15) is 4.31 Å². The van der Waals surface area contributed by atoms with Crippen LogP contribution in [0.3, 0.4) is 0 Å². The van der Waals surface area contributed by atoms with Gasteiger partial charge in [-0.05, 0) is 26.0 Å². The Labute approximate surface area is 131 Å². The average molecular weight is 319 g/mol. The lowest BCUT2D eigenvalue weighted by Crippen LogP contribution is -2.54. The van der Waals surface area contributed by atoms with E-state index < -0.39 is 10.0 Å². The van der Waals surface area contributed by atoms with Gasteiger partial charge in [0.05, 0.1) is 0 Å². The molecule has 0 amide bonds. The van der Waals surface area contributed by atoms with Crippen LogP contribution in [0.5, 0.6) is 0 Å². The van der Waals surface area contributed by atoms with Crippen LogP contribution in [0.15, 0.2) is 35.4 Å². The highest BCUT2D eigenvalue weighted by atomic mass is 32.2. The van der Waals surface area contributed by atoms with Crippen molar-refractivity contribution in [3.63, 3.8) is 0 Å². The summed E-state index contributed by atoms with van der Waals surface area (Å²) in [6.45, 7) is 1.67. The van der Waals surface area contributed by atoms with Crippen molar-refractivity contribution in [2.24, 2.45) is 7.05 Å². The smallest absolute Gasteiger partial charge is 0.245 e. The Balaban J connectivity index is 1.84. The third-order valence-corrected chi connectivity index (χ3v) is 7.05. The SMILES string of the molecule is CN1CC2CCC(C1)N2S(=O)(=O)c1cn(C)c2ccccc12. The number of hydrogen-bond donors (Lipinski definition) is 0. The molecule has 0 saturated carbocycles. The fourth-order valence-corrected chi connectivity index (χ4v) is 6.19. The molecule has 2 bridgehead atoms. The number of rotatable bonds is 2. The first kappa shape index (κ1) is 14.2. The topological polar surface area (TPSA) is 45.6 Å². The molecule has 118 valence electrons. The number of likely N-dealkylation sites (tertiary alicyclic amines) is 1. The van der Waals surface area contributed by atoms with Crippen molar-refractivity contribution in [3.05, 3.63) is 30.5 Å². The minimum atomic E-state index is -3.44. The lowest BCUT2D eigenvalue weighted by molar-refractivity contribution is 0.154. The number of nitrogens with zero attached hydrogens (tertiary/aromatic N) is 3. The first-order chi connectivity index (χ1) is 10.5. The fraction of sp³-hybridized carbons (Fsp3) is 0.500. The molecule has 2 aliphatic heterocycles. The van der Waals surface area contributed by atoms with Crippen LogP contribution in [0.1, 0.15) is 12.8 Å². The predicted molar refractivity (Wildman–Crippen MR) is 86.3 cm³/mol. The molecule has 2 fully saturated rings. The van der Waals surface area contributed by atoms with E-state index in [-0.39, 0.29) is 12.1 Å². The van der Waals surface area contributed by atoms with Gasteiger partial charge in [-0.25, -0.2) is 8.42 Å². The Kier molecular flexibility index (Phi) is 3.11. The molecule has 1 aromatic carbocycles. The number of para-hydroxylation sites is 1. The molecule has 2 saturated heterocycles. The van der Waals surface area contributed by atoms with Crippen LogP contribution in [0.25, 0.3) is 10.9 Å².